The highest BCUT2D eigenvalue weighted by molar-refractivity contribution is 7.89. The number of hydrogen-bond acceptors (Lipinski definition) is 4. The molecule has 0 aliphatic rings. The van der Waals surface area contributed by atoms with Crippen molar-refractivity contribution in [2.45, 2.75) is 50.1 Å². The summed E-state index contributed by atoms with van der Waals surface area (Å²) in [5.41, 5.74) is 2.06. The van der Waals surface area contributed by atoms with Gasteiger partial charge in [0, 0.05) is 6.04 Å². The van der Waals surface area contributed by atoms with E-state index in [0.29, 0.717) is 12.4 Å². The number of rotatable bonds is 12. The second-order valence-electron chi connectivity index (χ2n) is 8.20. The highest BCUT2D eigenvalue weighted by Crippen LogP contribution is 2.17. The molecule has 0 aliphatic heterocycles. The van der Waals surface area contributed by atoms with Crippen molar-refractivity contribution in [3.63, 3.8) is 0 Å². The predicted molar refractivity (Wildman–Crippen MR) is 134 cm³/mol. The van der Waals surface area contributed by atoms with Crippen LogP contribution in [0.3, 0.4) is 0 Å². The molecule has 34 heavy (non-hydrogen) atoms. The van der Waals surface area contributed by atoms with E-state index in [1.165, 1.54) is 17.7 Å². The van der Waals surface area contributed by atoms with E-state index in [1.807, 2.05) is 62.4 Å². The van der Waals surface area contributed by atoms with E-state index in [1.54, 1.807) is 12.1 Å². The number of ether oxygens (including phenoxy) is 1. The number of nitrogens with one attached hydrogen (secondary N) is 2. The minimum absolute atomic E-state index is 0.0824. The van der Waals surface area contributed by atoms with E-state index in [2.05, 4.69) is 22.2 Å². The zero-order chi connectivity index (χ0) is 24.4. The molecule has 0 spiro atoms. The third kappa shape index (κ3) is 7.71. The molecule has 0 bridgehead atoms. The molecule has 180 valence electrons. The number of sulfonamides is 1. The standard InChI is InChI=1S/C27H32N2O4S/c1-3-33-24-16-18-25(19-17-24)34(31,32)29-26(20-23-12-8-5-9-13-23)27(30)28-21(2)14-15-22-10-6-4-7-11-22/h4-13,16-19,21,26,29H,3,14-15,20H2,1-2H3,(H,28,30)/t21-,26+/m1/s1. The molecule has 7 heteroatoms. The normalized spacial score (nSPS) is 13.1. The molecular formula is C27H32N2O4S. The SMILES string of the molecule is CCOc1ccc(S(=O)(=O)N[C@@H](Cc2ccccc2)C(=O)N[C@H](C)CCc2ccccc2)cc1. The molecule has 2 N–H and O–H groups in total. The van der Waals surface area contributed by atoms with Gasteiger partial charge in [-0.15, -0.1) is 0 Å². The lowest BCUT2D eigenvalue weighted by Gasteiger charge is -2.22. The van der Waals surface area contributed by atoms with Crippen molar-refractivity contribution in [3.05, 3.63) is 96.1 Å². The average Bonchev–Trinajstić information content (AvgIpc) is 2.84. The summed E-state index contributed by atoms with van der Waals surface area (Å²) in [6.45, 7) is 4.29. The summed E-state index contributed by atoms with van der Waals surface area (Å²) in [5, 5.41) is 2.98. The van der Waals surface area contributed by atoms with Gasteiger partial charge in [-0.05, 0) is 68.5 Å². The van der Waals surface area contributed by atoms with E-state index in [0.717, 1.165) is 18.4 Å². The number of benzene rings is 3. The molecule has 0 aliphatic carbocycles. The molecule has 0 saturated carbocycles. The Balaban J connectivity index is 1.71. The van der Waals surface area contributed by atoms with Gasteiger partial charge in [0.25, 0.3) is 0 Å². The molecule has 0 heterocycles. The lowest BCUT2D eigenvalue weighted by atomic mass is 10.0. The minimum Gasteiger partial charge on any atom is -0.494 e. The Bertz CT molecular complexity index is 1130. The van der Waals surface area contributed by atoms with Crippen LogP contribution in [0.25, 0.3) is 0 Å². The first-order valence-corrected chi connectivity index (χ1v) is 13.0. The van der Waals surface area contributed by atoms with Crippen molar-refractivity contribution in [3.8, 4) is 5.75 Å². The van der Waals surface area contributed by atoms with Gasteiger partial charge in [-0.2, -0.15) is 4.72 Å². The first-order chi connectivity index (χ1) is 16.4. The maximum absolute atomic E-state index is 13.2. The van der Waals surface area contributed by atoms with Gasteiger partial charge in [0.15, 0.2) is 0 Å². The summed E-state index contributed by atoms with van der Waals surface area (Å²) >= 11 is 0. The van der Waals surface area contributed by atoms with Crippen LogP contribution < -0.4 is 14.8 Å². The van der Waals surface area contributed by atoms with Gasteiger partial charge in [-0.1, -0.05) is 60.7 Å². The fraction of sp³-hybridized carbons (Fsp3) is 0.296. The largest absolute Gasteiger partial charge is 0.494 e. The Hall–Kier alpha value is -3.16. The van der Waals surface area contributed by atoms with Gasteiger partial charge < -0.3 is 10.1 Å². The van der Waals surface area contributed by atoms with Crippen LogP contribution in [-0.2, 0) is 27.7 Å². The van der Waals surface area contributed by atoms with Crippen LogP contribution in [0.1, 0.15) is 31.4 Å². The fourth-order valence-corrected chi connectivity index (χ4v) is 4.81. The second-order valence-corrected chi connectivity index (χ2v) is 9.92. The maximum Gasteiger partial charge on any atom is 0.241 e. The molecule has 0 saturated heterocycles. The number of carbonyl (C=O) groups is 1. The van der Waals surface area contributed by atoms with Crippen LogP contribution in [0.2, 0.25) is 0 Å². The zero-order valence-electron chi connectivity index (χ0n) is 19.6. The van der Waals surface area contributed by atoms with E-state index in [9.17, 15) is 13.2 Å². The lowest BCUT2D eigenvalue weighted by molar-refractivity contribution is -0.123. The topological polar surface area (TPSA) is 84.5 Å². The Morgan fingerprint density at radius 2 is 1.47 bits per heavy atom. The van der Waals surface area contributed by atoms with Crippen LogP contribution in [0, 0.1) is 0 Å². The Kier molecular flexibility index (Phi) is 9.24. The molecular weight excluding hydrogens is 448 g/mol. The quantitative estimate of drug-likeness (QED) is 0.409. The van der Waals surface area contributed by atoms with Gasteiger partial charge in [0.2, 0.25) is 15.9 Å². The van der Waals surface area contributed by atoms with Crippen molar-refractivity contribution in [2.24, 2.45) is 0 Å². The van der Waals surface area contributed by atoms with Gasteiger partial charge >= 0.3 is 0 Å². The molecule has 3 aromatic rings. The van der Waals surface area contributed by atoms with E-state index in [-0.39, 0.29) is 23.3 Å². The molecule has 0 fully saturated rings. The number of hydrogen-bond donors (Lipinski definition) is 2. The van der Waals surface area contributed by atoms with Crippen LogP contribution in [-0.4, -0.2) is 33.0 Å². The van der Waals surface area contributed by atoms with Crippen molar-refractivity contribution in [2.75, 3.05) is 6.61 Å². The smallest absolute Gasteiger partial charge is 0.241 e. The molecule has 6 nitrogen and oxygen atoms in total. The van der Waals surface area contributed by atoms with Crippen LogP contribution >= 0.6 is 0 Å². The highest BCUT2D eigenvalue weighted by Gasteiger charge is 2.27. The molecule has 1 amide bonds. The van der Waals surface area contributed by atoms with Crippen molar-refractivity contribution >= 4 is 15.9 Å². The van der Waals surface area contributed by atoms with Gasteiger partial charge in [0.05, 0.1) is 11.5 Å². The lowest BCUT2D eigenvalue weighted by Crippen LogP contribution is -2.50. The minimum atomic E-state index is -3.91. The fourth-order valence-electron chi connectivity index (χ4n) is 3.62. The first-order valence-electron chi connectivity index (χ1n) is 11.5. The van der Waals surface area contributed by atoms with Crippen molar-refractivity contribution in [1.29, 1.82) is 0 Å². The van der Waals surface area contributed by atoms with E-state index < -0.39 is 16.1 Å². The van der Waals surface area contributed by atoms with E-state index in [4.69, 9.17) is 4.74 Å². The van der Waals surface area contributed by atoms with Crippen molar-refractivity contribution < 1.29 is 17.9 Å². The van der Waals surface area contributed by atoms with Gasteiger partial charge in [-0.3, -0.25) is 4.79 Å². The third-order valence-corrected chi connectivity index (χ3v) is 6.93. The highest BCUT2D eigenvalue weighted by atomic mass is 32.2. The summed E-state index contributed by atoms with van der Waals surface area (Å²) in [5.74, 6) is 0.242. The average molecular weight is 481 g/mol. The van der Waals surface area contributed by atoms with Crippen LogP contribution in [0.5, 0.6) is 5.75 Å². The van der Waals surface area contributed by atoms with Crippen LogP contribution in [0.4, 0.5) is 0 Å². The second kappa shape index (κ2) is 12.3. The predicted octanol–water partition coefficient (Wildman–Crippen LogP) is 4.11. The van der Waals surface area contributed by atoms with Crippen LogP contribution in [0.15, 0.2) is 89.8 Å². The molecule has 0 radical (unpaired) electrons. The maximum atomic E-state index is 13.2. The molecule has 0 unspecified atom stereocenters. The van der Waals surface area contributed by atoms with Gasteiger partial charge in [-0.25, -0.2) is 8.42 Å². The molecule has 3 rings (SSSR count). The van der Waals surface area contributed by atoms with E-state index >= 15 is 0 Å². The molecule has 3 aromatic carbocycles. The van der Waals surface area contributed by atoms with Crippen molar-refractivity contribution in [1.82, 2.24) is 10.0 Å². The summed E-state index contributed by atoms with van der Waals surface area (Å²) < 4.78 is 34.1. The Morgan fingerprint density at radius 3 is 2.06 bits per heavy atom. The first kappa shape index (κ1) is 25.5. The zero-order valence-corrected chi connectivity index (χ0v) is 20.4. The monoisotopic (exact) mass is 480 g/mol. The molecule has 2 atom stereocenters. The number of amides is 1. The Morgan fingerprint density at radius 1 is 0.882 bits per heavy atom. The summed E-state index contributed by atoms with van der Waals surface area (Å²) in [6, 6.07) is 24.6. The summed E-state index contributed by atoms with van der Waals surface area (Å²) in [4.78, 5) is 13.2. The van der Waals surface area contributed by atoms with Gasteiger partial charge in [0.1, 0.15) is 11.8 Å². The number of aryl methyl sites for hydroxylation is 1. The summed E-state index contributed by atoms with van der Waals surface area (Å²) in [7, 11) is -3.91. The number of carbonyl (C=O) groups excluding carboxylic acids is 1. The molecule has 0 aromatic heterocycles. The summed E-state index contributed by atoms with van der Waals surface area (Å²) in [6.07, 6.45) is 1.82. The Labute approximate surface area is 202 Å². The third-order valence-electron chi connectivity index (χ3n) is 5.44.